The van der Waals surface area contributed by atoms with Crippen molar-refractivity contribution in [2.45, 2.75) is 46.0 Å². The van der Waals surface area contributed by atoms with Crippen LogP contribution in [-0.4, -0.2) is 41.3 Å². The molecule has 5 nitrogen and oxygen atoms in total. The smallest absolute Gasteiger partial charge is 0.254 e. The number of likely N-dealkylation sites (tertiary alicyclic amines) is 1. The average molecular weight is 430 g/mol. The predicted molar refractivity (Wildman–Crippen MR) is 115 cm³/mol. The molecular weight excluding hydrogens is 400 g/mol. The number of nitrogens with one attached hydrogen (secondary N) is 1. The highest BCUT2D eigenvalue weighted by Crippen LogP contribution is 2.30. The Balaban J connectivity index is 1.69. The first-order chi connectivity index (χ1) is 14.7. The Morgan fingerprint density at radius 1 is 1.13 bits per heavy atom. The van der Waals surface area contributed by atoms with Crippen LogP contribution >= 0.6 is 0 Å². The van der Waals surface area contributed by atoms with E-state index in [0.717, 1.165) is 36.0 Å². The second-order valence-electron chi connectivity index (χ2n) is 8.55. The van der Waals surface area contributed by atoms with Crippen molar-refractivity contribution >= 4 is 11.8 Å². The molecule has 2 amide bonds. The van der Waals surface area contributed by atoms with Crippen molar-refractivity contribution in [2.24, 2.45) is 5.92 Å². The SMILES string of the molecule is Cc1ccc(C(=O)NCCC(C)C)c(C2CCN(C(=O)c3cc(F)cc(F)c3)CC2)n1. The van der Waals surface area contributed by atoms with Gasteiger partial charge >= 0.3 is 0 Å². The fraction of sp³-hybridized carbons (Fsp3) is 0.458. The number of amides is 2. The molecule has 0 bridgehead atoms. The molecule has 0 aliphatic carbocycles. The maximum atomic E-state index is 13.5. The molecule has 1 saturated heterocycles. The van der Waals surface area contributed by atoms with Gasteiger partial charge in [0, 0.05) is 42.9 Å². The third kappa shape index (κ3) is 5.87. The zero-order valence-corrected chi connectivity index (χ0v) is 18.3. The van der Waals surface area contributed by atoms with Crippen molar-refractivity contribution in [3.05, 3.63) is 64.5 Å². The van der Waals surface area contributed by atoms with E-state index < -0.39 is 11.6 Å². The quantitative estimate of drug-likeness (QED) is 0.737. The van der Waals surface area contributed by atoms with E-state index in [-0.39, 0.29) is 23.3 Å². The first-order valence-electron chi connectivity index (χ1n) is 10.8. The van der Waals surface area contributed by atoms with E-state index in [0.29, 0.717) is 44.0 Å². The number of nitrogens with zero attached hydrogens (tertiary/aromatic N) is 2. The van der Waals surface area contributed by atoms with Gasteiger partial charge in [-0.2, -0.15) is 0 Å². The molecule has 2 heterocycles. The fourth-order valence-corrected chi connectivity index (χ4v) is 3.87. The monoisotopic (exact) mass is 429 g/mol. The molecule has 3 rings (SSSR count). The number of benzene rings is 1. The Morgan fingerprint density at radius 3 is 2.39 bits per heavy atom. The van der Waals surface area contributed by atoms with Crippen LogP contribution in [0, 0.1) is 24.5 Å². The van der Waals surface area contributed by atoms with E-state index in [1.165, 1.54) is 0 Å². The second-order valence-corrected chi connectivity index (χ2v) is 8.55. The van der Waals surface area contributed by atoms with Crippen molar-refractivity contribution in [1.29, 1.82) is 0 Å². The zero-order chi connectivity index (χ0) is 22.5. The number of halogens is 2. The molecule has 0 atom stereocenters. The van der Waals surface area contributed by atoms with Crippen LogP contribution in [0.25, 0.3) is 0 Å². The summed E-state index contributed by atoms with van der Waals surface area (Å²) >= 11 is 0. The van der Waals surface area contributed by atoms with Crippen LogP contribution in [0.1, 0.15) is 71.1 Å². The third-order valence-electron chi connectivity index (χ3n) is 5.59. The Morgan fingerprint density at radius 2 is 1.77 bits per heavy atom. The molecule has 1 aromatic carbocycles. The molecule has 1 aromatic heterocycles. The molecule has 2 aromatic rings. The number of aryl methyl sites for hydroxylation is 1. The number of rotatable bonds is 6. The van der Waals surface area contributed by atoms with Crippen LogP contribution < -0.4 is 5.32 Å². The average Bonchev–Trinajstić information content (AvgIpc) is 2.72. The van der Waals surface area contributed by atoms with Crippen molar-refractivity contribution in [3.8, 4) is 0 Å². The molecule has 1 aliphatic heterocycles. The molecule has 0 spiro atoms. The minimum absolute atomic E-state index is 0.00912. The van der Waals surface area contributed by atoms with Crippen LogP contribution in [0.15, 0.2) is 30.3 Å². The summed E-state index contributed by atoms with van der Waals surface area (Å²) in [6, 6.07) is 6.51. The van der Waals surface area contributed by atoms with Gasteiger partial charge < -0.3 is 10.2 Å². The Kier molecular flexibility index (Phi) is 7.36. The lowest BCUT2D eigenvalue weighted by molar-refractivity contribution is 0.0709. The van der Waals surface area contributed by atoms with Gasteiger partial charge in [-0.15, -0.1) is 0 Å². The lowest BCUT2D eigenvalue weighted by Crippen LogP contribution is -2.38. The lowest BCUT2D eigenvalue weighted by Gasteiger charge is -2.32. The fourth-order valence-electron chi connectivity index (χ4n) is 3.87. The largest absolute Gasteiger partial charge is 0.352 e. The van der Waals surface area contributed by atoms with E-state index in [1.807, 2.05) is 19.1 Å². The van der Waals surface area contributed by atoms with Crippen LogP contribution in [0.3, 0.4) is 0 Å². The molecule has 1 N–H and O–H groups in total. The number of piperidine rings is 1. The van der Waals surface area contributed by atoms with Gasteiger partial charge in [0.25, 0.3) is 11.8 Å². The van der Waals surface area contributed by atoms with Gasteiger partial charge in [-0.3, -0.25) is 14.6 Å². The van der Waals surface area contributed by atoms with Gasteiger partial charge in [-0.05, 0) is 56.4 Å². The summed E-state index contributed by atoms with van der Waals surface area (Å²) in [7, 11) is 0. The van der Waals surface area contributed by atoms with E-state index >= 15 is 0 Å². The van der Waals surface area contributed by atoms with Crippen molar-refractivity contribution < 1.29 is 18.4 Å². The maximum Gasteiger partial charge on any atom is 0.254 e. The van der Waals surface area contributed by atoms with E-state index in [1.54, 1.807) is 4.90 Å². The van der Waals surface area contributed by atoms with Crippen LogP contribution in [0.5, 0.6) is 0 Å². The number of carbonyl (C=O) groups is 2. The first-order valence-corrected chi connectivity index (χ1v) is 10.8. The number of pyridine rings is 1. The summed E-state index contributed by atoms with van der Waals surface area (Å²) in [5.41, 5.74) is 2.18. The zero-order valence-electron chi connectivity index (χ0n) is 18.3. The van der Waals surface area contributed by atoms with E-state index in [9.17, 15) is 18.4 Å². The summed E-state index contributed by atoms with van der Waals surface area (Å²) < 4.78 is 26.9. The first kappa shape index (κ1) is 22.8. The Hall–Kier alpha value is -2.83. The molecule has 0 unspecified atom stereocenters. The highest BCUT2D eigenvalue weighted by atomic mass is 19.1. The standard InChI is InChI=1S/C24H29F2N3O2/c1-15(2)6-9-27-23(30)21-5-4-16(3)28-22(21)17-7-10-29(11-8-17)24(31)18-12-19(25)14-20(26)13-18/h4-5,12-15,17H,6-11H2,1-3H3,(H,27,30). The minimum atomic E-state index is -0.768. The van der Waals surface area contributed by atoms with Gasteiger partial charge in [-0.1, -0.05) is 13.8 Å². The minimum Gasteiger partial charge on any atom is -0.352 e. The molecule has 0 saturated carbocycles. The third-order valence-corrected chi connectivity index (χ3v) is 5.59. The molecule has 7 heteroatoms. The summed E-state index contributed by atoms with van der Waals surface area (Å²) in [5, 5.41) is 2.97. The van der Waals surface area contributed by atoms with Crippen molar-refractivity contribution in [1.82, 2.24) is 15.2 Å². The Labute approximate surface area is 181 Å². The number of hydrogen-bond acceptors (Lipinski definition) is 3. The maximum absolute atomic E-state index is 13.5. The van der Waals surface area contributed by atoms with Gasteiger partial charge in [0.2, 0.25) is 0 Å². The number of carbonyl (C=O) groups excluding carboxylic acids is 2. The van der Waals surface area contributed by atoms with Crippen LogP contribution in [-0.2, 0) is 0 Å². The summed E-state index contributed by atoms with van der Waals surface area (Å²) in [4.78, 5) is 31.6. The van der Waals surface area contributed by atoms with Crippen molar-refractivity contribution in [2.75, 3.05) is 19.6 Å². The summed E-state index contributed by atoms with van der Waals surface area (Å²) in [5.74, 6) is -1.51. The van der Waals surface area contributed by atoms with Crippen LogP contribution in [0.2, 0.25) is 0 Å². The van der Waals surface area contributed by atoms with Gasteiger partial charge in [0.1, 0.15) is 11.6 Å². The highest BCUT2D eigenvalue weighted by Gasteiger charge is 2.28. The second kappa shape index (κ2) is 9.98. The van der Waals surface area contributed by atoms with Gasteiger partial charge in [0.05, 0.1) is 11.3 Å². The normalized spacial score (nSPS) is 14.7. The van der Waals surface area contributed by atoms with Gasteiger partial charge in [0.15, 0.2) is 0 Å². The highest BCUT2D eigenvalue weighted by molar-refractivity contribution is 5.95. The van der Waals surface area contributed by atoms with E-state index in [2.05, 4.69) is 24.1 Å². The van der Waals surface area contributed by atoms with Crippen LogP contribution in [0.4, 0.5) is 8.78 Å². The van der Waals surface area contributed by atoms with Crippen molar-refractivity contribution in [3.63, 3.8) is 0 Å². The summed E-state index contributed by atoms with van der Waals surface area (Å²) in [6.45, 7) is 7.59. The summed E-state index contributed by atoms with van der Waals surface area (Å²) in [6.07, 6.45) is 2.17. The molecule has 166 valence electrons. The topological polar surface area (TPSA) is 62.3 Å². The van der Waals surface area contributed by atoms with E-state index in [4.69, 9.17) is 0 Å². The molecule has 1 fully saturated rings. The predicted octanol–water partition coefficient (Wildman–Crippen LogP) is 4.46. The number of aromatic nitrogens is 1. The molecule has 1 aliphatic rings. The lowest BCUT2D eigenvalue weighted by atomic mass is 9.89. The Bertz CT molecular complexity index is 934. The molecular formula is C24H29F2N3O2. The number of hydrogen-bond donors (Lipinski definition) is 1. The van der Waals surface area contributed by atoms with Gasteiger partial charge in [-0.25, -0.2) is 8.78 Å². The molecule has 31 heavy (non-hydrogen) atoms. The molecule has 0 radical (unpaired) electrons.